The lowest BCUT2D eigenvalue weighted by molar-refractivity contribution is -0.119. The number of pyridine rings is 1. The van der Waals surface area contributed by atoms with Crippen molar-refractivity contribution in [2.75, 3.05) is 13.1 Å². The van der Waals surface area contributed by atoms with Gasteiger partial charge in [-0.1, -0.05) is 23.2 Å². The van der Waals surface area contributed by atoms with Crippen molar-refractivity contribution in [2.45, 2.75) is 30.7 Å². The monoisotopic (exact) mass is 351 g/mol. The average molecular weight is 352 g/mol. The first kappa shape index (κ1) is 16.5. The summed E-state index contributed by atoms with van der Waals surface area (Å²) in [6.45, 7) is 2.13. The second-order valence-corrected chi connectivity index (χ2v) is 7.53. The van der Waals surface area contributed by atoms with Gasteiger partial charge in [0.05, 0.1) is 5.02 Å². The van der Waals surface area contributed by atoms with Crippen LogP contribution in [0.15, 0.2) is 17.2 Å². The Kier molecular flexibility index (Phi) is 5.08. The van der Waals surface area contributed by atoms with Crippen LogP contribution in [0.2, 0.25) is 10.2 Å². The Morgan fingerprint density at radius 2 is 2.00 bits per heavy atom. The van der Waals surface area contributed by atoms with Crippen molar-refractivity contribution in [1.29, 1.82) is 0 Å². The Labute approximate surface area is 133 Å². The number of hydrogen-bond acceptors (Lipinski definition) is 4. The van der Waals surface area contributed by atoms with Gasteiger partial charge in [-0.15, -0.1) is 0 Å². The molecule has 1 amide bonds. The van der Waals surface area contributed by atoms with Crippen LogP contribution in [0, 0.1) is 0 Å². The van der Waals surface area contributed by atoms with Crippen LogP contribution in [0.1, 0.15) is 19.8 Å². The van der Waals surface area contributed by atoms with E-state index in [1.165, 1.54) is 23.5 Å². The van der Waals surface area contributed by atoms with Gasteiger partial charge in [-0.25, -0.2) is 13.4 Å². The minimum Gasteiger partial charge on any atom is -0.354 e. The van der Waals surface area contributed by atoms with Crippen molar-refractivity contribution in [1.82, 2.24) is 14.6 Å². The Hall–Kier alpha value is -0.890. The predicted octanol–water partition coefficient (Wildman–Crippen LogP) is 1.68. The van der Waals surface area contributed by atoms with Crippen LogP contribution in [-0.2, 0) is 14.8 Å². The van der Waals surface area contributed by atoms with Gasteiger partial charge in [-0.05, 0) is 18.9 Å². The highest BCUT2D eigenvalue weighted by Crippen LogP contribution is 2.25. The molecule has 1 aliphatic heterocycles. The number of aromatic nitrogens is 1. The van der Waals surface area contributed by atoms with E-state index < -0.39 is 10.0 Å². The van der Waals surface area contributed by atoms with Crippen LogP contribution in [-0.4, -0.2) is 42.7 Å². The van der Waals surface area contributed by atoms with Crippen LogP contribution in [0.5, 0.6) is 0 Å². The molecule has 1 aromatic rings. The number of carbonyl (C=O) groups is 1. The molecular weight excluding hydrogens is 337 g/mol. The second kappa shape index (κ2) is 6.48. The SMILES string of the molecule is CC(=O)NC1CCN(S(=O)(=O)c2cnc(Cl)c(Cl)c2)CC1. The van der Waals surface area contributed by atoms with Gasteiger partial charge in [0, 0.05) is 32.3 Å². The van der Waals surface area contributed by atoms with E-state index in [2.05, 4.69) is 10.3 Å². The van der Waals surface area contributed by atoms with Crippen molar-refractivity contribution >= 4 is 39.1 Å². The zero-order valence-corrected chi connectivity index (χ0v) is 13.7. The third-order valence-corrected chi connectivity index (χ3v) is 5.82. The fourth-order valence-corrected chi connectivity index (χ4v) is 4.00. The summed E-state index contributed by atoms with van der Waals surface area (Å²) >= 11 is 11.5. The fourth-order valence-electron chi connectivity index (χ4n) is 2.22. The van der Waals surface area contributed by atoms with E-state index in [0.29, 0.717) is 25.9 Å². The average Bonchev–Trinajstić information content (AvgIpc) is 2.41. The van der Waals surface area contributed by atoms with Crippen LogP contribution in [0.3, 0.4) is 0 Å². The highest BCUT2D eigenvalue weighted by molar-refractivity contribution is 7.89. The molecule has 0 aliphatic carbocycles. The van der Waals surface area contributed by atoms with E-state index in [1.807, 2.05) is 0 Å². The van der Waals surface area contributed by atoms with Crippen LogP contribution in [0.4, 0.5) is 0 Å². The number of nitrogens with one attached hydrogen (secondary N) is 1. The van der Waals surface area contributed by atoms with Crippen molar-refractivity contribution in [2.24, 2.45) is 0 Å². The largest absolute Gasteiger partial charge is 0.354 e. The van der Waals surface area contributed by atoms with Crippen molar-refractivity contribution in [3.63, 3.8) is 0 Å². The maximum atomic E-state index is 12.5. The molecule has 0 radical (unpaired) electrons. The minimum atomic E-state index is -3.64. The first-order chi connectivity index (χ1) is 9.80. The topological polar surface area (TPSA) is 79.4 Å². The van der Waals surface area contributed by atoms with E-state index in [0.717, 1.165) is 0 Å². The molecule has 1 saturated heterocycles. The first-order valence-corrected chi connectivity index (χ1v) is 8.58. The molecule has 0 aromatic carbocycles. The summed E-state index contributed by atoms with van der Waals surface area (Å²) in [4.78, 5) is 14.8. The second-order valence-electron chi connectivity index (χ2n) is 4.82. The van der Waals surface area contributed by atoms with Gasteiger partial charge >= 0.3 is 0 Å². The van der Waals surface area contributed by atoms with E-state index in [9.17, 15) is 13.2 Å². The third kappa shape index (κ3) is 3.85. The van der Waals surface area contributed by atoms with E-state index in [-0.39, 0.29) is 27.0 Å². The van der Waals surface area contributed by atoms with E-state index in [4.69, 9.17) is 23.2 Å². The lowest BCUT2D eigenvalue weighted by atomic mass is 10.1. The Bertz CT molecular complexity index is 643. The number of rotatable bonds is 3. The van der Waals surface area contributed by atoms with E-state index >= 15 is 0 Å². The maximum absolute atomic E-state index is 12.5. The van der Waals surface area contributed by atoms with Crippen LogP contribution in [0.25, 0.3) is 0 Å². The van der Waals surface area contributed by atoms with Gasteiger partial charge in [0.1, 0.15) is 10.0 Å². The Morgan fingerprint density at radius 3 is 2.52 bits per heavy atom. The van der Waals surface area contributed by atoms with Crippen molar-refractivity contribution in [3.8, 4) is 0 Å². The number of amides is 1. The molecule has 21 heavy (non-hydrogen) atoms. The van der Waals surface area contributed by atoms with E-state index in [1.54, 1.807) is 0 Å². The lowest BCUT2D eigenvalue weighted by Crippen LogP contribution is -2.46. The molecular formula is C12H15Cl2N3O3S. The molecule has 1 aliphatic rings. The predicted molar refractivity (Wildman–Crippen MR) is 79.9 cm³/mol. The number of carbonyl (C=O) groups excluding carboxylic acids is 1. The maximum Gasteiger partial charge on any atom is 0.244 e. The van der Waals surface area contributed by atoms with Gasteiger partial charge in [0.2, 0.25) is 15.9 Å². The molecule has 2 rings (SSSR count). The zero-order chi connectivity index (χ0) is 15.6. The van der Waals surface area contributed by atoms with Gasteiger partial charge in [0.15, 0.2) is 0 Å². The Morgan fingerprint density at radius 1 is 1.38 bits per heavy atom. The summed E-state index contributed by atoms with van der Waals surface area (Å²) in [6, 6.07) is 1.31. The summed E-state index contributed by atoms with van der Waals surface area (Å²) in [5, 5.41) is 2.97. The standard InChI is InChI=1S/C12H15Cl2N3O3S/c1-8(18)16-9-2-4-17(5-3-9)21(19,20)10-6-11(13)12(14)15-7-10/h6-7,9H,2-5H2,1H3,(H,16,18). The zero-order valence-electron chi connectivity index (χ0n) is 11.3. The molecule has 1 fully saturated rings. The van der Waals surface area contributed by atoms with Gasteiger partial charge < -0.3 is 5.32 Å². The molecule has 0 unspecified atom stereocenters. The van der Waals surface area contributed by atoms with Gasteiger partial charge in [-0.2, -0.15) is 4.31 Å². The molecule has 1 aromatic heterocycles. The summed E-state index contributed by atoms with van der Waals surface area (Å²) in [5.74, 6) is -0.106. The number of nitrogens with zero attached hydrogens (tertiary/aromatic N) is 2. The molecule has 9 heteroatoms. The third-order valence-electron chi connectivity index (χ3n) is 3.27. The highest BCUT2D eigenvalue weighted by Gasteiger charge is 2.30. The molecule has 116 valence electrons. The van der Waals surface area contributed by atoms with Gasteiger partial charge in [0.25, 0.3) is 0 Å². The molecule has 0 saturated carbocycles. The molecule has 0 bridgehead atoms. The Balaban J connectivity index is 2.11. The quantitative estimate of drug-likeness (QED) is 0.840. The molecule has 0 atom stereocenters. The fraction of sp³-hybridized carbons (Fsp3) is 0.500. The van der Waals surface area contributed by atoms with Gasteiger partial charge in [-0.3, -0.25) is 4.79 Å². The number of piperidine rings is 1. The minimum absolute atomic E-state index is 0.0147. The molecule has 0 spiro atoms. The molecule has 1 N–H and O–H groups in total. The summed E-state index contributed by atoms with van der Waals surface area (Å²) < 4.78 is 26.3. The van der Waals surface area contributed by atoms with Crippen LogP contribution < -0.4 is 5.32 Å². The number of sulfonamides is 1. The van der Waals surface area contributed by atoms with Crippen LogP contribution >= 0.6 is 23.2 Å². The summed E-state index contributed by atoms with van der Waals surface area (Å²) in [5.41, 5.74) is 0. The normalized spacial score (nSPS) is 17.7. The number of hydrogen-bond donors (Lipinski definition) is 1. The molecule has 6 nitrogen and oxygen atoms in total. The van der Waals surface area contributed by atoms with Crippen molar-refractivity contribution < 1.29 is 13.2 Å². The summed E-state index contributed by atoms with van der Waals surface area (Å²) in [7, 11) is -3.64. The lowest BCUT2D eigenvalue weighted by Gasteiger charge is -2.31. The smallest absolute Gasteiger partial charge is 0.244 e. The number of halogens is 2. The molecule has 2 heterocycles. The summed E-state index contributed by atoms with van der Waals surface area (Å²) in [6.07, 6.45) is 2.35. The first-order valence-electron chi connectivity index (χ1n) is 6.39. The highest BCUT2D eigenvalue weighted by atomic mass is 35.5. The van der Waals surface area contributed by atoms with Crippen molar-refractivity contribution in [3.05, 3.63) is 22.4 Å².